The molecule has 1 aromatic rings. The smallest absolute Gasteiger partial charge is 0.0625 e. The standard InChI is InChI=1S/C14H25N3/c1-3-14(4-2)17-11-9-13(16-17)6-5-10-15-12-7-8-12/h9,11-12,14-15H,3-8,10H2,1-2H3. The topological polar surface area (TPSA) is 29.9 Å². The minimum Gasteiger partial charge on any atom is -0.314 e. The van der Waals surface area contributed by atoms with Gasteiger partial charge in [0.15, 0.2) is 0 Å². The summed E-state index contributed by atoms with van der Waals surface area (Å²) in [7, 11) is 0. The molecular weight excluding hydrogens is 210 g/mol. The number of nitrogens with zero attached hydrogens (tertiary/aromatic N) is 2. The summed E-state index contributed by atoms with van der Waals surface area (Å²) in [5, 5.41) is 8.22. The van der Waals surface area contributed by atoms with Crippen molar-refractivity contribution >= 4 is 0 Å². The summed E-state index contributed by atoms with van der Waals surface area (Å²) in [5.41, 5.74) is 1.24. The fourth-order valence-electron chi connectivity index (χ4n) is 2.24. The second-order valence-corrected chi connectivity index (χ2v) is 5.09. The molecule has 1 fully saturated rings. The molecule has 1 saturated carbocycles. The Morgan fingerprint density at radius 1 is 1.41 bits per heavy atom. The van der Waals surface area contributed by atoms with E-state index in [2.05, 4.69) is 41.2 Å². The first-order chi connectivity index (χ1) is 8.33. The molecule has 1 N–H and O–H groups in total. The van der Waals surface area contributed by atoms with Crippen LogP contribution in [-0.2, 0) is 6.42 Å². The highest BCUT2D eigenvalue weighted by Gasteiger charge is 2.19. The van der Waals surface area contributed by atoms with E-state index in [9.17, 15) is 0 Å². The van der Waals surface area contributed by atoms with Gasteiger partial charge in [-0.05, 0) is 51.1 Å². The molecule has 1 aromatic heterocycles. The first-order valence-corrected chi connectivity index (χ1v) is 7.11. The van der Waals surface area contributed by atoms with Crippen LogP contribution < -0.4 is 5.32 Å². The largest absolute Gasteiger partial charge is 0.314 e. The van der Waals surface area contributed by atoms with E-state index < -0.39 is 0 Å². The summed E-state index contributed by atoms with van der Waals surface area (Å²) >= 11 is 0. The van der Waals surface area contributed by atoms with Gasteiger partial charge in [0.05, 0.1) is 11.7 Å². The van der Waals surface area contributed by atoms with E-state index in [1.165, 1.54) is 37.8 Å². The quantitative estimate of drug-likeness (QED) is 0.702. The van der Waals surface area contributed by atoms with Gasteiger partial charge in [-0.3, -0.25) is 4.68 Å². The van der Waals surface area contributed by atoms with Crippen molar-refractivity contribution in [3.63, 3.8) is 0 Å². The van der Waals surface area contributed by atoms with E-state index in [0.717, 1.165) is 19.0 Å². The van der Waals surface area contributed by atoms with Crippen molar-refractivity contribution in [2.75, 3.05) is 6.54 Å². The lowest BCUT2D eigenvalue weighted by molar-refractivity contribution is 0.425. The van der Waals surface area contributed by atoms with Gasteiger partial charge in [0, 0.05) is 12.2 Å². The molecule has 0 unspecified atom stereocenters. The SMILES string of the molecule is CCC(CC)n1ccc(CCCNC2CC2)n1. The molecule has 0 radical (unpaired) electrons. The highest BCUT2D eigenvalue weighted by molar-refractivity contribution is 5.00. The Labute approximate surface area is 105 Å². The van der Waals surface area contributed by atoms with Gasteiger partial charge < -0.3 is 5.32 Å². The van der Waals surface area contributed by atoms with Crippen LogP contribution in [0.3, 0.4) is 0 Å². The summed E-state index contributed by atoms with van der Waals surface area (Å²) in [6.07, 6.45) is 9.54. The van der Waals surface area contributed by atoms with Crippen LogP contribution in [0.5, 0.6) is 0 Å². The van der Waals surface area contributed by atoms with Crippen molar-refractivity contribution in [1.82, 2.24) is 15.1 Å². The second kappa shape index (κ2) is 6.20. The van der Waals surface area contributed by atoms with Crippen molar-refractivity contribution in [3.05, 3.63) is 18.0 Å². The highest BCUT2D eigenvalue weighted by atomic mass is 15.3. The number of rotatable bonds is 8. The Hall–Kier alpha value is -0.830. The molecular formula is C14H25N3. The van der Waals surface area contributed by atoms with Crippen LogP contribution in [0.15, 0.2) is 12.3 Å². The van der Waals surface area contributed by atoms with E-state index in [1.54, 1.807) is 0 Å². The third-order valence-electron chi connectivity index (χ3n) is 3.60. The monoisotopic (exact) mass is 235 g/mol. The Balaban J connectivity index is 1.72. The minimum absolute atomic E-state index is 0.577. The summed E-state index contributed by atoms with van der Waals surface area (Å²) < 4.78 is 2.14. The summed E-state index contributed by atoms with van der Waals surface area (Å²) in [6.45, 7) is 5.60. The van der Waals surface area contributed by atoms with Gasteiger partial charge in [-0.1, -0.05) is 13.8 Å². The van der Waals surface area contributed by atoms with E-state index in [-0.39, 0.29) is 0 Å². The number of hydrogen-bond donors (Lipinski definition) is 1. The van der Waals surface area contributed by atoms with Crippen molar-refractivity contribution < 1.29 is 0 Å². The molecule has 1 aliphatic rings. The van der Waals surface area contributed by atoms with E-state index in [0.29, 0.717) is 6.04 Å². The van der Waals surface area contributed by atoms with Crippen LogP contribution in [0.25, 0.3) is 0 Å². The molecule has 0 aliphatic heterocycles. The zero-order valence-electron chi connectivity index (χ0n) is 11.2. The average molecular weight is 235 g/mol. The van der Waals surface area contributed by atoms with Crippen molar-refractivity contribution in [1.29, 1.82) is 0 Å². The van der Waals surface area contributed by atoms with Gasteiger partial charge in [0.2, 0.25) is 0 Å². The van der Waals surface area contributed by atoms with Gasteiger partial charge in [-0.25, -0.2) is 0 Å². The molecule has 2 rings (SSSR count). The van der Waals surface area contributed by atoms with Crippen LogP contribution in [0, 0.1) is 0 Å². The molecule has 0 amide bonds. The lowest BCUT2D eigenvalue weighted by Crippen LogP contribution is -2.18. The normalized spacial score (nSPS) is 15.7. The van der Waals surface area contributed by atoms with Gasteiger partial charge in [0.25, 0.3) is 0 Å². The lowest BCUT2D eigenvalue weighted by Gasteiger charge is -2.12. The summed E-state index contributed by atoms with van der Waals surface area (Å²) in [4.78, 5) is 0. The molecule has 0 atom stereocenters. The number of aromatic nitrogens is 2. The number of hydrogen-bond acceptors (Lipinski definition) is 2. The Morgan fingerprint density at radius 2 is 2.18 bits per heavy atom. The first kappa shape index (κ1) is 12.6. The molecule has 3 nitrogen and oxygen atoms in total. The van der Waals surface area contributed by atoms with Crippen molar-refractivity contribution in [3.8, 4) is 0 Å². The third kappa shape index (κ3) is 3.84. The predicted octanol–water partition coefficient (Wildman–Crippen LogP) is 2.93. The van der Waals surface area contributed by atoms with E-state index in [4.69, 9.17) is 0 Å². The zero-order chi connectivity index (χ0) is 12.1. The molecule has 17 heavy (non-hydrogen) atoms. The number of nitrogens with one attached hydrogen (secondary N) is 1. The first-order valence-electron chi connectivity index (χ1n) is 7.11. The fourth-order valence-corrected chi connectivity index (χ4v) is 2.24. The summed E-state index contributed by atoms with van der Waals surface area (Å²) in [6, 6.07) is 3.58. The van der Waals surface area contributed by atoms with Crippen LogP contribution in [0.1, 0.15) is 57.7 Å². The number of aryl methyl sites for hydroxylation is 1. The zero-order valence-corrected chi connectivity index (χ0v) is 11.2. The van der Waals surface area contributed by atoms with E-state index in [1.807, 2.05) is 0 Å². The Kier molecular flexibility index (Phi) is 4.60. The summed E-state index contributed by atoms with van der Waals surface area (Å²) in [5.74, 6) is 0. The van der Waals surface area contributed by atoms with Crippen LogP contribution >= 0.6 is 0 Å². The fraction of sp³-hybridized carbons (Fsp3) is 0.786. The van der Waals surface area contributed by atoms with Crippen molar-refractivity contribution in [2.45, 2.75) is 64.5 Å². The van der Waals surface area contributed by atoms with Gasteiger partial charge in [-0.2, -0.15) is 5.10 Å². The highest BCUT2D eigenvalue weighted by Crippen LogP contribution is 2.18. The average Bonchev–Trinajstić information content (AvgIpc) is 3.06. The maximum atomic E-state index is 4.67. The second-order valence-electron chi connectivity index (χ2n) is 5.09. The van der Waals surface area contributed by atoms with Crippen LogP contribution in [0.2, 0.25) is 0 Å². The molecule has 3 heteroatoms. The maximum Gasteiger partial charge on any atom is 0.0625 e. The molecule has 1 aliphatic carbocycles. The van der Waals surface area contributed by atoms with Gasteiger partial charge in [-0.15, -0.1) is 0 Å². The van der Waals surface area contributed by atoms with Crippen LogP contribution in [-0.4, -0.2) is 22.4 Å². The Bertz CT molecular complexity index is 324. The van der Waals surface area contributed by atoms with Gasteiger partial charge >= 0.3 is 0 Å². The minimum atomic E-state index is 0.577. The predicted molar refractivity (Wildman–Crippen MR) is 71.2 cm³/mol. The van der Waals surface area contributed by atoms with Crippen LogP contribution in [0.4, 0.5) is 0 Å². The molecule has 1 heterocycles. The molecule has 0 bridgehead atoms. The third-order valence-corrected chi connectivity index (χ3v) is 3.60. The maximum absolute atomic E-state index is 4.67. The lowest BCUT2D eigenvalue weighted by atomic mass is 10.2. The van der Waals surface area contributed by atoms with E-state index >= 15 is 0 Å². The molecule has 0 aromatic carbocycles. The molecule has 0 saturated heterocycles. The van der Waals surface area contributed by atoms with Crippen molar-refractivity contribution in [2.24, 2.45) is 0 Å². The van der Waals surface area contributed by atoms with Gasteiger partial charge in [0.1, 0.15) is 0 Å². The molecule has 96 valence electrons. The Morgan fingerprint density at radius 3 is 2.82 bits per heavy atom. The molecule has 0 spiro atoms.